The van der Waals surface area contributed by atoms with E-state index in [1.165, 1.54) is 18.2 Å². The van der Waals surface area contributed by atoms with Crippen LogP contribution < -0.4 is 15.2 Å². The molecule has 0 unspecified atom stereocenters. The Kier molecular flexibility index (Phi) is 5.92. The molecule has 0 aliphatic rings. The van der Waals surface area contributed by atoms with Gasteiger partial charge in [0.05, 0.1) is 12.3 Å². The van der Waals surface area contributed by atoms with Crippen LogP contribution >= 0.6 is 11.3 Å². The van der Waals surface area contributed by atoms with E-state index < -0.39 is 10.0 Å². The van der Waals surface area contributed by atoms with Gasteiger partial charge in [-0.25, -0.2) is 17.9 Å². The first-order valence-corrected chi connectivity index (χ1v) is 9.43. The van der Waals surface area contributed by atoms with Crippen LogP contribution in [0.4, 0.5) is 10.1 Å². The summed E-state index contributed by atoms with van der Waals surface area (Å²) in [7, 11) is -3.78. The zero-order valence-electron chi connectivity index (χ0n) is 12.9. The molecule has 0 atom stereocenters. The SMILES string of the molecule is Cc1sc(S(N)(=O)=O)cc1NC(=O)CCCOc1cccc(F)c1. The van der Waals surface area contributed by atoms with Gasteiger partial charge in [-0.2, -0.15) is 0 Å². The Balaban J connectivity index is 1.80. The number of thiophene rings is 1. The van der Waals surface area contributed by atoms with Gasteiger partial charge in [-0.15, -0.1) is 11.3 Å². The number of halogens is 1. The van der Waals surface area contributed by atoms with Gasteiger partial charge in [-0.1, -0.05) is 6.07 Å². The zero-order valence-corrected chi connectivity index (χ0v) is 14.5. The highest BCUT2D eigenvalue weighted by molar-refractivity contribution is 7.91. The van der Waals surface area contributed by atoms with Crippen LogP contribution in [0.5, 0.6) is 5.75 Å². The predicted molar refractivity (Wildman–Crippen MR) is 90.2 cm³/mol. The Morgan fingerprint density at radius 3 is 2.75 bits per heavy atom. The maximum atomic E-state index is 13.0. The predicted octanol–water partition coefficient (Wildman–Crippen LogP) is 2.64. The van der Waals surface area contributed by atoms with Gasteiger partial charge >= 0.3 is 0 Å². The number of carbonyl (C=O) groups excluding carboxylic acids is 1. The minimum absolute atomic E-state index is 0.00439. The number of sulfonamides is 1. The van der Waals surface area contributed by atoms with E-state index in [0.717, 1.165) is 11.3 Å². The summed E-state index contributed by atoms with van der Waals surface area (Å²) in [5.41, 5.74) is 0.431. The van der Waals surface area contributed by atoms with Crippen molar-refractivity contribution in [2.75, 3.05) is 11.9 Å². The molecular weight excluding hydrogens is 355 g/mol. The number of ether oxygens (including phenoxy) is 1. The number of carbonyl (C=O) groups is 1. The maximum absolute atomic E-state index is 13.0. The number of benzene rings is 1. The van der Waals surface area contributed by atoms with E-state index in [1.807, 2.05) is 0 Å². The lowest BCUT2D eigenvalue weighted by molar-refractivity contribution is -0.116. The number of nitrogens with two attached hydrogens (primary N) is 1. The summed E-state index contributed by atoms with van der Waals surface area (Å²) in [4.78, 5) is 12.5. The van der Waals surface area contributed by atoms with E-state index in [1.54, 1.807) is 19.1 Å². The molecule has 9 heteroatoms. The number of hydrogen-bond acceptors (Lipinski definition) is 5. The smallest absolute Gasteiger partial charge is 0.247 e. The summed E-state index contributed by atoms with van der Waals surface area (Å²) >= 11 is 1.00. The molecule has 3 N–H and O–H groups in total. The van der Waals surface area contributed by atoms with Crippen molar-refractivity contribution >= 4 is 33.0 Å². The largest absolute Gasteiger partial charge is 0.493 e. The Morgan fingerprint density at radius 2 is 2.12 bits per heavy atom. The van der Waals surface area contributed by atoms with Gasteiger partial charge in [0, 0.05) is 17.4 Å². The minimum atomic E-state index is -3.78. The fourth-order valence-corrected chi connectivity index (χ4v) is 3.73. The topological polar surface area (TPSA) is 98.5 Å². The van der Waals surface area contributed by atoms with Gasteiger partial charge in [0.15, 0.2) is 0 Å². The standard InChI is InChI=1S/C15H17FN2O4S2/c1-10-13(9-15(23-10)24(17,20)21)18-14(19)6-3-7-22-12-5-2-4-11(16)8-12/h2,4-5,8-9H,3,6-7H2,1H3,(H,18,19)(H2,17,20,21). The third kappa shape index (κ3) is 5.29. The summed E-state index contributed by atoms with van der Waals surface area (Å²) in [6.07, 6.45) is 0.628. The van der Waals surface area contributed by atoms with Crippen LogP contribution in [0.2, 0.25) is 0 Å². The lowest BCUT2D eigenvalue weighted by atomic mass is 10.3. The monoisotopic (exact) mass is 372 g/mol. The van der Waals surface area contributed by atoms with Crippen molar-refractivity contribution in [1.82, 2.24) is 0 Å². The van der Waals surface area contributed by atoms with E-state index in [4.69, 9.17) is 9.88 Å². The molecule has 0 radical (unpaired) electrons. The van der Waals surface area contributed by atoms with Gasteiger partial charge < -0.3 is 10.1 Å². The van der Waals surface area contributed by atoms with Crippen molar-refractivity contribution in [3.63, 3.8) is 0 Å². The van der Waals surface area contributed by atoms with Crippen LogP contribution in [-0.2, 0) is 14.8 Å². The molecule has 2 rings (SSSR count). The average molecular weight is 372 g/mol. The van der Waals surface area contributed by atoms with Crippen LogP contribution in [0.15, 0.2) is 34.5 Å². The molecule has 1 heterocycles. The van der Waals surface area contributed by atoms with Crippen LogP contribution in [0.1, 0.15) is 17.7 Å². The van der Waals surface area contributed by atoms with Gasteiger partial charge in [0.1, 0.15) is 15.8 Å². The van der Waals surface area contributed by atoms with E-state index in [-0.39, 0.29) is 29.0 Å². The Hall–Kier alpha value is -1.97. The Morgan fingerprint density at radius 1 is 1.38 bits per heavy atom. The van der Waals surface area contributed by atoms with E-state index in [2.05, 4.69) is 5.32 Å². The van der Waals surface area contributed by atoms with Gasteiger partial charge in [-0.05, 0) is 31.5 Å². The second-order valence-electron chi connectivity index (χ2n) is 5.04. The molecule has 0 aliphatic carbocycles. The molecule has 1 aromatic heterocycles. The lowest BCUT2D eigenvalue weighted by Gasteiger charge is -2.07. The molecule has 0 fully saturated rings. The molecule has 0 bridgehead atoms. The Labute approximate surface area is 143 Å². The molecule has 0 spiro atoms. The normalized spacial score (nSPS) is 11.3. The number of amides is 1. The fraction of sp³-hybridized carbons (Fsp3) is 0.267. The first-order valence-electron chi connectivity index (χ1n) is 7.07. The number of primary sulfonamides is 1. The first kappa shape index (κ1) is 18.4. The summed E-state index contributed by atoms with van der Waals surface area (Å²) in [5.74, 6) is -0.245. The molecule has 1 amide bonds. The van der Waals surface area contributed by atoms with Gasteiger partial charge in [-0.3, -0.25) is 4.79 Å². The summed E-state index contributed by atoms with van der Waals surface area (Å²) in [6, 6.07) is 7.10. The number of aryl methyl sites for hydroxylation is 1. The number of anilines is 1. The van der Waals surface area contributed by atoms with Crippen LogP contribution in [-0.4, -0.2) is 20.9 Å². The molecule has 0 saturated carbocycles. The minimum Gasteiger partial charge on any atom is -0.493 e. The number of hydrogen-bond donors (Lipinski definition) is 2. The van der Waals surface area contributed by atoms with Crippen LogP contribution in [0, 0.1) is 12.7 Å². The highest BCUT2D eigenvalue weighted by atomic mass is 32.2. The van der Waals surface area contributed by atoms with Crippen molar-refractivity contribution in [2.24, 2.45) is 5.14 Å². The lowest BCUT2D eigenvalue weighted by Crippen LogP contribution is -2.13. The first-order chi connectivity index (χ1) is 11.3. The second-order valence-corrected chi connectivity index (χ2v) is 8.08. The van der Waals surface area contributed by atoms with Crippen molar-refractivity contribution in [3.05, 3.63) is 41.0 Å². The Bertz CT molecular complexity index is 834. The third-order valence-corrected chi connectivity index (χ3v) is 5.53. The second kappa shape index (κ2) is 7.73. The molecule has 6 nitrogen and oxygen atoms in total. The highest BCUT2D eigenvalue weighted by Crippen LogP contribution is 2.29. The maximum Gasteiger partial charge on any atom is 0.247 e. The molecule has 130 valence electrons. The van der Waals surface area contributed by atoms with Crippen molar-refractivity contribution < 1.29 is 22.3 Å². The van der Waals surface area contributed by atoms with E-state index >= 15 is 0 Å². The quantitative estimate of drug-likeness (QED) is 0.730. The molecular formula is C15H17FN2O4S2. The molecule has 0 saturated heterocycles. The van der Waals surface area contributed by atoms with Crippen molar-refractivity contribution in [3.8, 4) is 5.75 Å². The summed E-state index contributed by atoms with van der Waals surface area (Å²) in [5, 5.41) is 7.71. The van der Waals surface area contributed by atoms with Crippen LogP contribution in [0.25, 0.3) is 0 Å². The average Bonchev–Trinajstić information content (AvgIpc) is 2.85. The van der Waals surface area contributed by atoms with E-state index in [9.17, 15) is 17.6 Å². The van der Waals surface area contributed by atoms with Crippen molar-refractivity contribution in [2.45, 2.75) is 24.0 Å². The van der Waals surface area contributed by atoms with Crippen LogP contribution in [0.3, 0.4) is 0 Å². The highest BCUT2D eigenvalue weighted by Gasteiger charge is 2.15. The van der Waals surface area contributed by atoms with E-state index in [0.29, 0.717) is 22.7 Å². The molecule has 0 aliphatic heterocycles. The fourth-order valence-electron chi connectivity index (χ4n) is 1.91. The molecule has 1 aromatic carbocycles. The van der Waals surface area contributed by atoms with Crippen molar-refractivity contribution in [1.29, 1.82) is 0 Å². The molecule has 24 heavy (non-hydrogen) atoms. The van der Waals surface area contributed by atoms with Gasteiger partial charge in [0.25, 0.3) is 0 Å². The number of nitrogens with one attached hydrogen (secondary N) is 1. The zero-order chi connectivity index (χ0) is 17.7. The summed E-state index contributed by atoms with van der Waals surface area (Å²) < 4.78 is 40.9. The summed E-state index contributed by atoms with van der Waals surface area (Å²) in [6.45, 7) is 1.96. The number of rotatable bonds is 7. The molecule has 2 aromatic rings. The van der Waals surface area contributed by atoms with Gasteiger partial charge in [0.2, 0.25) is 15.9 Å². The third-order valence-electron chi connectivity index (χ3n) is 3.06.